The van der Waals surface area contributed by atoms with Gasteiger partial charge in [0.1, 0.15) is 0 Å². The zero-order valence-corrected chi connectivity index (χ0v) is 9.08. The van der Waals surface area contributed by atoms with E-state index in [9.17, 15) is 4.79 Å². The van der Waals surface area contributed by atoms with E-state index in [4.69, 9.17) is 5.73 Å². The summed E-state index contributed by atoms with van der Waals surface area (Å²) in [4.78, 5) is 10.5. The van der Waals surface area contributed by atoms with Gasteiger partial charge in [-0.1, -0.05) is 43.9 Å². The first-order chi connectivity index (χ1) is 7.11. The van der Waals surface area contributed by atoms with E-state index in [0.29, 0.717) is 5.92 Å². The van der Waals surface area contributed by atoms with Crippen LogP contribution in [-0.2, 0) is 4.79 Å². The summed E-state index contributed by atoms with van der Waals surface area (Å²) < 4.78 is 0. The molecule has 0 bridgehead atoms. The lowest BCUT2D eigenvalue weighted by Crippen LogP contribution is -2.08. The molecular weight excluding hydrogens is 186 g/mol. The number of hydrogen-bond acceptors (Lipinski definition) is 1. The molecule has 1 rings (SSSR count). The largest absolute Gasteiger partial charge is 0.369 e. The van der Waals surface area contributed by atoms with Crippen LogP contribution in [0.4, 0.5) is 0 Å². The molecule has 0 heterocycles. The molecule has 15 heavy (non-hydrogen) atoms. The number of rotatable bonds is 2. The standard InChI is InChI=1S/C13H15NO/c1-10(2)12-8-4-3-6-11(12)7-5-9-13(14)15/h3-4,6,8,10H,9H2,1-2H3,(H2,14,15). The molecule has 1 aromatic rings. The van der Waals surface area contributed by atoms with E-state index < -0.39 is 0 Å². The van der Waals surface area contributed by atoms with E-state index in [0.717, 1.165) is 5.56 Å². The zero-order chi connectivity index (χ0) is 11.3. The van der Waals surface area contributed by atoms with Crippen LogP contribution in [0.2, 0.25) is 0 Å². The number of carbonyl (C=O) groups is 1. The normalized spacial score (nSPS) is 9.53. The first-order valence-electron chi connectivity index (χ1n) is 4.97. The van der Waals surface area contributed by atoms with Crippen molar-refractivity contribution < 1.29 is 4.79 Å². The smallest absolute Gasteiger partial charge is 0.229 e. The van der Waals surface area contributed by atoms with Gasteiger partial charge in [0.15, 0.2) is 0 Å². The van der Waals surface area contributed by atoms with Gasteiger partial charge >= 0.3 is 0 Å². The average Bonchev–Trinajstić information content (AvgIpc) is 2.17. The Kier molecular flexibility index (Phi) is 3.93. The van der Waals surface area contributed by atoms with Crippen molar-refractivity contribution in [1.82, 2.24) is 0 Å². The summed E-state index contributed by atoms with van der Waals surface area (Å²) in [6, 6.07) is 7.96. The molecule has 0 radical (unpaired) electrons. The maximum Gasteiger partial charge on any atom is 0.229 e. The number of nitrogens with two attached hydrogens (primary N) is 1. The number of carbonyl (C=O) groups excluding carboxylic acids is 1. The van der Waals surface area contributed by atoms with Crippen LogP contribution in [-0.4, -0.2) is 5.91 Å². The van der Waals surface area contributed by atoms with E-state index in [-0.39, 0.29) is 12.3 Å². The van der Waals surface area contributed by atoms with Gasteiger partial charge in [0.05, 0.1) is 6.42 Å². The maximum atomic E-state index is 10.5. The third-order valence-corrected chi connectivity index (χ3v) is 2.07. The van der Waals surface area contributed by atoms with Gasteiger partial charge in [-0.05, 0) is 17.5 Å². The summed E-state index contributed by atoms with van der Waals surface area (Å²) in [5.41, 5.74) is 7.20. The van der Waals surface area contributed by atoms with Gasteiger partial charge < -0.3 is 5.73 Å². The quantitative estimate of drug-likeness (QED) is 0.731. The van der Waals surface area contributed by atoms with Gasteiger partial charge in [-0.3, -0.25) is 4.79 Å². The molecule has 2 N–H and O–H groups in total. The molecule has 0 unspecified atom stereocenters. The van der Waals surface area contributed by atoms with Crippen molar-refractivity contribution in [3.63, 3.8) is 0 Å². The van der Waals surface area contributed by atoms with Gasteiger partial charge in [0.2, 0.25) is 5.91 Å². The van der Waals surface area contributed by atoms with Crippen molar-refractivity contribution >= 4 is 5.91 Å². The van der Waals surface area contributed by atoms with Gasteiger partial charge in [-0.15, -0.1) is 0 Å². The molecule has 0 aliphatic rings. The number of hydrogen-bond donors (Lipinski definition) is 1. The summed E-state index contributed by atoms with van der Waals surface area (Å²) >= 11 is 0. The van der Waals surface area contributed by atoms with Crippen molar-refractivity contribution in [2.24, 2.45) is 5.73 Å². The molecule has 0 saturated heterocycles. The second-order valence-electron chi connectivity index (χ2n) is 3.69. The van der Waals surface area contributed by atoms with Crippen LogP contribution in [0.25, 0.3) is 0 Å². The third-order valence-electron chi connectivity index (χ3n) is 2.07. The van der Waals surface area contributed by atoms with Crippen LogP contribution in [0.15, 0.2) is 24.3 Å². The molecule has 0 fully saturated rings. The van der Waals surface area contributed by atoms with Crippen LogP contribution in [0.5, 0.6) is 0 Å². The molecule has 0 saturated carbocycles. The van der Waals surface area contributed by atoms with E-state index in [1.165, 1.54) is 5.56 Å². The van der Waals surface area contributed by atoms with E-state index in [1.54, 1.807) is 0 Å². The minimum Gasteiger partial charge on any atom is -0.369 e. The molecule has 1 aromatic carbocycles. The predicted molar refractivity (Wildman–Crippen MR) is 61.2 cm³/mol. The third kappa shape index (κ3) is 3.47. The Morgan fingerprint density at radius 1 is 1.40 bits per heavy atom. The molecule has 0 spiro atoms. The molecule has 0 aliphatic carbocycles. The SMILES string of the molecule is CC(C)c1ccccc1C#CCC(N)=O. The maximum absolute atomic E-state index is 10.5. The number of benzene rings is 1. The summed E-state index contributed by atoms with van der Waals surface area (Å²) in [6.07, 6.45) is 0.117. The first-order valence-corrected chi connectivity index (χ1v) is 4.97. The highest BCUT2D eigenvalue weighted by Crippen LogP contribution is 2.17. The lowest BCUT2D eigenvalue weighted by atomic mass is 9.97. The van der Waals surface area contributed by atoms with Crippen LogP contribution in [0.1, 0.15) is 37.3 Å². The Bertz CT molecular complexity index is 410. The molecule has 78 valence electrons. The highest BCUT2D eigenvalue weighted by atomic mass is 16.1. The predicted octanol–water partition coefficient (Wildman–Crippen LogP) is 2.04. The fourth-order valence-electron chi connectivity index (χ4n) is 1.34. The average molecular weight is 201 g/mol. The fraction of sp³-hybridized carbons (Fsp3) is 0.308. The molecule has 0 atom stereocenters. The molecule has 2 heteroatoms. The highest BCUT2D eigenvalue weighted by molar-refractivity contribution is 5.76. The second-order valence-corrected chi connectivity index (χ2v) is 3.69. The minimum atomic E-state index is -0.385. The van der Waals surface area contributed by atoms with Crippen molar-refractivity contribution in [3.8, 4) is 11.8 Å². The Labute approximate surface area is 90.5 Å². The van der Waals surface area contributed by atoms with Gasteiger partial charge in [0.25, 0.3) is 0 Å². The number of primary amides is 1. The van der Waals surface area contributed by atoms with Crippen LogP contribution in [0.3, 0.4) is 0 Å². The van der Waals surface area contributed by atoms with Crippen LogP contribution < -0.4 is 5.73 Å². The lowest BCUT2D eigenvalue weighted by molar-refractivity contribution is -0.117. The van der Waals surface area contributed by atoms with Gasteiger partial charge in [-0.25, -0.2) is 0 Å². The summed E-state index contributed by atoms with van der Waals surface area (Å²) in [5.74, 6) is 5.80. The molecule has 2 nitrogen and oxygen atoms in total. The van der Waals surface area contributed by atoms with Crippen LogP contribution >= 0.6 is 0 Å². The van der Waals surface area contributed by atoms with Gasteiger partial charge in [0, 0.05) is 5.56 Å². The lowest BCUT2D eigenvalue weighted by Gasteiger charge is -2.07. The summed E-state index contributed by atoms with van der Waals surface area (Å²) in [6.45, 7) is 4.24. The zero-order valence-electron chi connectivity index (χ0n) is 9.08. The highest BCUT2D eigenvalue weighted by Gasteiger charge is 2.02. The van der Waals surface area contributed by atoms with Crippen molar-refractivity contribution in [2.75, 3.05) is 0 Å². The summed E-state index contributed by atoms with van der Waals surface area (Å²) in [5, 5.41) is 0. The molecule has 1 amide bonds. The molecular formula is C13H15NO. The molecule has 0 aromatic heterocycles. The Morgan fingerprint density at radius 2 is 2.07 bits per heavy atom. The Morgan fingerprint density at radius 3 is 2.67 bits per heavy atom. The van der Waals surface area contributed by atoms with E-state index >= 15 is 0 Å². The topological polar surface area (TPSA) is 43.1 Å². The Hall–Kier alpha value is -1.75. The Balaban J connectivity index is 2.92. The first kappa shape index (κ1) is 11.3. The van der Waals surface area contributed by atoms with E-state index in [1.807, 2.05) is 18.2 Å². The van der Waals surface area contributed by atoms with Crippen molar-refractivity contribution in [2.45, 2.75) is 26.2 Å². The molecule has 0 aliphatic heterocycles. The van der Waals surface area contributed by atoms with Gasteiger partial charge in [-0.2, -0.15) is 0 Å². The van der Waals surface area contributed by atoms with E-state index in [2.05, 4.69) is 31.8 Å². The van der Waals surface area contributed by atoms with Crippen molar-refractivity contribution in [3.05, 3.63) is 35.4 Å². The summed E-state index contributed by atoms with van der Waals surface area (Å²) in [7, 11) is 0. The van der Waals surface area contributed by atoms with Crippen molar-refractivity contribution in [1.29, 1.82) is 0 Å². The minimum absolute atomic E-state index is 0.117. The second kappa shape index (κ2) is 5.21. The van der Waals surface area contributed by atoms with Crippen LogP contribution in [0, 0.1) is 11.8 Å². The monoisotopic (exact) mass is 201 g/mol. The fourth-order valence-corrected chi connectivity index (χ4v) is 1.34. The number of amides is 1.